The first kappa shape index (κ1) is 17.3. The van der Waals surface area contributed by atoms with Crippen molar-refractivity contribution in [2.75, 3.05) is 0 Å². The van der Waals surface area contributed by atoms with E-state index in [9.17, 15) is 20.0 Å². The van der Waals surface area contributed by atoms with Gasteiger partial charge in [-0.2, -0.15) is 0 Å². The van der Waals surface area contributed by atoms with Crippen LogP contribution in [0.25, 0.3) is 10.9 Å². The molecule has 7 nitrogen and oxygen atoms in total. The molecular weight excluding hydrogens is 334 g/mol. The Hall–Kier alpha value is -3.48. The maximum absolute atomic E-state index is 12.0. The molecule has 1 atom stereocenters. The van der Waals surface area contributed by atoms with Gasteiger partial charge in [-0.15, -0.1) is 0 Å². The van der Waals surface area contributed by atoms with E-state index in [2.05, 4.69) is 10.3 Å². The van der Waals surface area contributed by atoms with Gasteiger partial charge in [-0.25, -0.2) is 0 Å². The molecule has 1 heterocycles. The number of benzene rings is 2. The van der Waals surface area contributed by atoms with Gasteiger partial charge in [-0.05, 0) is 17.7 Å². The number of fused-ring (bicyclic) bond motifs is 1. The molecule has 0 fully saturated rings. The largest absolute Gasteiger partial charge is 0.505 e. The molecule has 0 unspecified atom stereocenters. The third-order valence-electron chi connectivity index (χ3n) is 4.14. The third kappa shape index (κ3) is 3.19. The average molecular weight is 351 g/mol. The number of hydrogen-bond acceptors (Lipinski definition) is 5. The number of aromatic nitrogens is 1. The normalized spacial score (nSPS) is 11.9. The van der Waals surface area contributed by atoms with Crippen LogP contribution in [-0.2, 0) is 4.79 Å². The minimum absolute atomic E-state index is 0.128. The zero-order chi connectivity index (χ0) is 18.7. The summed E-state index contributed by atoms with van der Waals surface area (Å²) in [5.74, 6) is -0.418. The van der Waals surface area contributed by atoms with Crippen LogP contribution in [0, 0.1) is 10.1 Å². The highest BCUT2D eigenvalue weighted by Crippen LogP contribution is 2.39. The molecule has 0 radical (unpaired) electrons. The van der Waals surface area contributed by atoms with Gasteiger partial charge in [0.05, 0.1) is 16.4 Å². The molecule has 0 saturated carbocycles. The zero-order valence-electron chi connectivity index (χ0n) is 14.0. The topological polar surface area (TPSA) is 105 Å². The summed E-state index contributed by atoms with van der Waals surface area (Å²) in [7, 11) is 0. The van der Waals surface area contributed by atoms with Gasteiger partial charge >= 0.3 is 0 Å². The number of nitrogens with one attached hydrogen (secondary N) is 1. The second-order valence-electron chi connectivity index (χ2n) is 5.75. The number of hydrogen-bond donors (Lipinski definition) is 2. The average Bonchev–Trinajstić information content (AvgIpc) is 2.67. The Labute approximate surface area is 149 Å². The molecule has 0 aliphatic carbocycles. The lowest BCUT2D eigenvalue weighted by atomic mass is 9.95. The molecule has 0 aliphatic rings. The number of phenols is 1. The maximum Gasteiger partial charge on any atom is 0.279 e. The smallest absolute Gasteiger partial charge is 0.279 e. The van der Waals surface area contributed by atoms with E-state index >= 15 is 0 Å². The number of pyridine rings is 1. The fraction of sp³-hybridized carbons (Fsp3) is 0.158. The first-order chi connectivity index (χ1) is 12.5. The predicted molar refractivity (Wildman–Crippen MR) is 96.8 cm³/mol. The van der Waals surface area contributed by atoms with Crippen molar-refractivity contribution < 1.29 is 14.8 Å². The Morgan fingerprint density at radius 1 is 1.27 bits per heavy atom. The van der Waals surface area contributed by atoms with E-state index < -0.39 is 11.0 Å². The van der Waals surface area contributed by atoms with Crippen molar-refractivity contribution in [2.45, 2.75) is 19.4 Å². The molecular formula is C19H17N3O4. The summed E-state index contributed by atoms with van der Waals surface area (Å²) in [6, 6.07) is 12.7. The van der Waals surface area contributed by atoms with Gasteiger partial charge in [0.25, 0.3) is 5.69 Å². The van der Waals surface area contributed by atoms with E-state index in [1.807, 2.05) is 6.07 Å². The van der Waals surface area contributed by atoms with Gasteiger partial charge in [0.1, 0.15) is 11.3 Å². The number of carbonyl (C=O) groups is 1. The van der Waals surface area contributed by atoms with Gasteiger partial charge in [0.15, 0.2) is 0 Å². The molecule has 3 aromatic rings. The first-order valence-corrected chi connectivity index (χ1v) is 8.12. The molecule has 7 heteroatoms. The Morgan fingerprint density at radius 3 is 2.65 bits per heavy atom. The summed E-state index contributed by atoms with van der Waals surface area (Å²) >= 11 is 0. The van der Waals surface area contributed by atoms with E-state index in [4.69, 9.17) is 0 Å². The summed E-state index contributed by atoms with van der Waals surface area (Å²) in [4.78, 5) is 27.1. The van der Waals surface area contributed by atoms with Crippen LogP contribution in [0.2, 0.25) is 0 Å². The number of rotatable bonds is 5. The number of carbonyl (C=O) groups excluding carboxylic acids is 1. The van der Waals surface area contributed by atoms with E-state index in [0.29, 0.717) is 5.56 Å². The zero-order valence-corrected chi connectivity index (χ0v) is 14.0. The van der Waals surface area contributed by atoms with Gasteiger partial charge in [0.2, 0.25) is 5.91 Å². The minimum atomic E-state index is -0.728. The van der Waals surface area contributed by atoms with Crippen LogP contribution in [0.1, 0.15) is 30.5 Å². The second-order valence-corrected chi connectivity index (χ2v) is 5.75. The summed E-state index contributed by atoms with van der Waals surface area (Å²) in [6.07, 6.45) is 1.70. The van der Waals surface area contributed by atoms with Crippen LogP contribution < -0.4 is 5.32 Å². The Bertz CT molecular complexity index is 973. The highest BCUT2D eigenvalue weighted by molar-refractivity contribution is 5.93. The molecule has 3 rings (SSSR count). The lowest BCUT2D eigenvalue weighted by Gasteiger charge is -2.21. The fourth-order valence-corrected chi connectivity index (χ4v) is 2.85. The predicted octanol–water partition coefficient (Wildman–Crippen LogP) is 3.46. The van der Waals surface area contributed by atoms with E-state index in [0.717, 1.165) is 0 Å². The first-order valence-electron chi connectivity index (χ1n) is 8.12. The van der Waals surface area contributed by atoms with Crippen LogP contribution in [0.4, 0.5) is 5.69 Å². The van der Waals surface area contributed by atoms with Crippen LogP contribution in [0.5, 0.6) is 5.75 Å². The monoisotopic (exact) mass is 351 g/mol. The highest BCUT2D eigenvalue weighted by atomic mass is 16.6. The number of nitrogens with zero attached hydrogens (tertiary/aromatic N) is 2. The van der Waals surface area contributed by atoms with Crippen molar-refractivity contribution in [3.63, 3.8) is 0 Å². The van der Waals surface area contributed by atoms with Crippen molar-refractivity contribution in [3.05, 3.63) is 76.0 Å². The number of amides is 1. The van der Waals surface area contributed by atoms with Gasteiger partial charge in [0, 0.05) is 24.2 Å². The standard InChI is InChI=1S/C19H17N3O4/c1-2-16(23)21-17(12-7-4-3-5-8-12)14-11-15(22(25)26)13-9-6-10-20-18(13)19(14)24/h3-11,17,24H,2H2,1H3,(H,21,23)/t17-/m0/s1. The number of nitro benzene ring substituents is 1. The van der Waals surface area contributed by atoms with Crippen molar-refractivity contribution >= 4 is 22.5 Å². The molecule has 0 spiro atoms. The van der Waals surface area contributed by atoms with Gasteiger partial charge in [-0.1, -0.05) is 37.3 Å². The molecule has 132 valence electrons. The maximum atomic E-state index is 12.0. The van der Waals surface area contributed by atoms with Gasteiger partial charge in [-0.3, -0.25) is 19.9 Å². The number of aromatic hydroxyl groups is 1. The summed E-state index contributed by atoms with van der Waals surface area (Å²) in [5, 5.41) is 25.3. The van der Waals surface area contributed by atoms with Crippen LogP contribution in [0.15, 0.2) is 54.7 Å². The second kappa shape index (κ2) is 7.18. The van der Waals surface area contributed by atoms with Crippen LogP contribution in [0.3, 0.4) is 0 Å². The Balaban J connectivity index is 2.26. The van der Waals surface area contributed by atoms with E-state index in [-0.39, 0.29) is 40.2 Å². The fourth-order valence-electron chi connectivity index (χ4n) is 2.85. The summed E-state index contributed by atoms with van der Waals surface area (Å²) in [6.45, 7) is 1.71. The molecule has 1 aromatic heterocycles. The highest BCUT2D eigenvalue weighted by Gasteiger charge is 2.26. The number of nitro groups is 1. The molecule has 26 heavy (non-hydrogen) atoms. The van der Waals surface area contributed by atoms with Crippen LogP contribution >= 0.6 is 0 Å². The molecule has 2 N–H and O–H groups in total. The van der Waals surface area contributed by atoms with Crippen LogP contribution in [-0.4, -0.2) is 20.9 Å². The van der Waals surface area contributed by atoms with Gasteiger partial charge < -0.3 is 10.4 Å². The lowest BCUT2D eigenvalue weighted by Crippen LogP contribution is -2.28. The van der Waals surface area contributed by atoms with Crippen molar-refractivity contribution in [2.24, 2.45) is 0 Å². The number of non-ortho nitro benzene ring substituents is 1. The summed E-state index contributed by atoms with van der Waals surface area (Å²) < 4.78 is 0. The van der Waals surface area contributed by atoms with Crippen molar-refractivity contribution in [3.8, 4) is 5.75 Å². The minimum Gasteiger partial charge on any atom is -0.505 e. The quantitative estimate of drug-likeness (QED) is 0.541. The molecule has 2 aromatic carbocycles. The van der Waals surface area contributed by atoms with Crippen molar-refractivity contribution in [1.29, 1.82) is 0 Å². The lowest BCUT2D eigenvalue weighted by molar-refractivity contribution is -0.383. The van der Waals surface area contributed by atoms with Crippen molar-refractivity contribution in [1.82, 2.24) is 10.3 Å². The molecule has 1 amide bonds. The van der Waals surface area contributed by atoms with E-state index in [1.54, 1.807) is 37.3 Å². The molecule has 0 bridgehead atoms. The SMILES string of the molecule is CCC(=O)N[C@@H](c1ccccc1)c1cc([N+](=O)[O-])c2cccnc2c1O. The summed E-state index contributed by atoms with van der Waals surface area (Å²) in [5.41, 5.74) is 0.890. The molecule has 0 aliphatic heterocycles. The third-order valence-corrected chi connectivity index (χ3v) is 4.14. The van der Waals surface area contributed by atoms with E-state index in [1.165, 1.54) is 18.3 Å². The molecule has 0 saturated heterocycles. The number of phenolic OH excluding ortho intramolecular Hbond substituents is 1. The Morgan fingerprint density at radius 2 is 2.00 bits per heavy atom. The Kier molecular flexibility index (Phi) is 4.79.